The minimum Gasteiger partial charge on any atom is -0.399 e. The van der Waals surface area contributed by atoms with Gasteiger partial charge in [0.05, 0.1) is 5.02 Å². The molecule has 0 atom stereocenters. The highest BCUT2D eigenvalue weighted by atomic mass is 35.5. The number of nitrogens with zero attached hydrogens (tertiary/aromatic N) is 2. The number of pyridine rings is 1. The molecule has 19 heavy (non-hydrogen) atoms. The summed E-state index contributed by atoms with van der Waals surface area (Å²) < 4.78 is 0. The zero-order valence-electron chi connectivity index (χ0n) is 10.6. The third-order valence-corrected chi connectivity index (χ3v) is 3.60. The monoisotopic (exact) mass is 273 g/mol. The smallest absolute Gasteiger partial charge is 0.147 e. The van der Waals surface area contributed by atoms with Gasteiger partial charge in [0.15, 0.2) is 0 Å². The van der Waals surface area contributed by atoms with E-state index in [1.165, 1.54) is 18.4 Å². The lowest BCUT2D eigenvalue weighted by Crippen LogP contribution is -2.26. The van der Waals surface area contributed by atoms with Crippen LogP contribution in [0, 0.1) is 0 Å². The lowest BCUT2D eigenvalue weighted by Gasteiger charge is -2.24. The summed E-state index contributed by atoms with van der Waals surface area (Å²) in [5, 5.41) is 0.707. The molecule has 1 fully saturated rings. The first-order valence-electron chi connectivity index (χ1n) is 6.45. The summed E-state index contributed by atoms with van der Waals surface area (Å²) in [6, 6.07) is 12.3. The van der Waals surface area contributed by atoms with Gasteiger partial charge in [0, 0.05) is 24.5 Å². The van der Waals surface area contributed by atoms with E-state index in [4.69, 9.17) is 17.3 Å². The summed E-state index contributed by atoms with van der Waals surface area (Å²) in [6.45, 7) is 0.798. The van der Waals surface area contributed by atoms with E-state index in [1.807, 2.05) is 30.3 Å². The van der Waals surface area contributed by atoms with Gasteiger partial charge < -0.3 is 10.6 Å². The van der Waals surface area contributed by atoms with Gasteiger partial charge in [0.2, 0.25) is 0 Å². The van der Waals surface area contributed by atoms with Crippen molar-refractivity contribution in [3.05, 3.63) is 53.2 Å². The van der Waals surface area contributed by atoms with E-state index in [1.54, 1.807) is 6.20 Å². The summed E-state index contributed by atoms with van der Waals surface area (Å²) in [6.07, 6.45) is 4.19. The first-order valence-corrected chi connectivity index (χ1v) is 6.83. The Hall–Kier alpha value is -1.74. The standard InChI is InChI=1S/C15H16ClN3/c16-14-5-2-8-18-15(14)19(13-6-7-13)10-11-3-1-4-12(17)9-11/h1-5,8-9,13H,6-7,10,17H2. The molecule has 2 N–H and O–H groups in total. The number of hydrogen-bond acceptors (Lipinski definition) is 3. The maximum atomic E-state index is 6.26. The zero-order chi connectivity index (χ0) is 13.2. The average molecular weight is 274 g/mol. The number of nitrogens with two attached hydrogens (primary N) is 1. The molecule has 0 unspecified atom stereocenters. The molecule has 3 nitrogen and oxygen atoms in total. The van der Waals surface area contributed by atoms with Crippen molar-refractivity contribution in [1.29, 1.82) is 0 Å². The minimum absolute atomic E-state index is 0.550. The van der Waals surface area contributed by atoms with E-state index in [-0.39, 0.29) is 0 Å². The number of benzene rings is 1. The third-order valence-electron chi connectivity index (χ3n) is 3.30. The van der Waals surface area contributed by atoms with Gasteiger partial charge in [-0.25, -0.2) is 4.98 Å². The second-order valence-electron chi connectivity index (χ2n) is 4.91. The van der Waals surface area contributed by atoms with Crippen LogP contribution in [0.3, 0.4) is 0 Å². The van der Waals surface area contributed by atoms with Crippen LogP contribution in [0.15, 0.2) is 42.6 Å². The molecule has 0 amide bonds. The van der Waals surface area contributed by atoms with E-state index in [0.717, 1.165) is 18.1 Å². The van der Waals surface area contributed by atoms with Crippen LogP contribution in [0.2, 0.25) is 5.02 Å². The SMILES string of the molecule is Nc1cccc(CN(c2ncccc2Cl)C2CC2)c1. The lowest BCUT2D eigenvalue weighted by molar-refractivity contribution is 0.779. The fourth-order valence-corrected chi connectivity index (χ4v) is 2.47. The van der Waals surface area contributed by atoms with Crippen LogP contribution in [0.1, 0.15) is 18.4 Å². The highest BCUT2D eigenvalue weighted by molar-refractivity contribution is 6.32. The van der Waals surface area contributed by atoms with Gasteiger partial charge in [0.1, 0.15) is 5.82 Å². The predicted octanol–water partition coefficient (Wildman–Crippen LogP) is 3.49. The van der Waals surface area contributed by atoms with Crippen molar-refractivity contribution in [2.75, 3.05) is 10.6 Å². The molecule has 0 spiro atoms. The van der Waals surface area contributed by atoms with Crippen LogP contribution in [-0.4, -0.2) is 11.0 Å². The van der Waals surface area contributed by atoms with Gasteiger partial charge in [-0.1, -0.05) is 23.7 Å². The Morgan fingerprint density at radius 1 is 1.26 bits per heavy atom. The normalized spacial score (nSPS) is 14.4. The van der Waals surface area contributed by atoms with Crippen LogP contribution in [0.25, 0.3) is 0 Å². The molecule has 98 valence electrons. The number of aromatic nitrogens is 1. The molecule has 1 saturated carbocycles. The van der Waals surface area contributed by atoms with Crippen molar-refractivity contribution in [2.45, 2.75) is 25.4 Å². The Labute approximate surface area is 118 Å². The Balaban J connectivity index is 1.88. The molecule has 1 aliphatic carbocycles. The highest BCUT2D eigenvalue weighted by Crippen LogP contribution is 2.35. The molecule has 0 radical (unpaired) electrons. The number of halogens is 1. The van der Waals surface area contributed by atoms with Crippen molar-refractivity contribution in [1.82, 2.24) is 4.98 Å². The molecule has 1 aliphatic rings. The van der Waals surface area contributed by atoms with Crippen molar-refractivity contribution >= 4 is 23.1 Å². The van der Waals surface area contributed by atoms with Crippen molar-refractivity contribution in [3.8, 4) is 0 Å². The number of rotatable bonds is 4. The summed E-state index contributed by atoms with van der Waals surface area (Å²) in [5.41, 5.74) is 7.81. The molecular weight excluding hydrogens is 258 g/mol. The van der Waals surface area contributed by atoms with Gasteiger partial charge in [-0.15, -0.1) is 0 Å². The predicted molar refractivity (Wildman–Crippen MR) is 79.3 cm³/mol. The Morgan fingerprint density at radius 2 is 2.11 bits per heavy atom. The van der Waals surface area contributed by atoms with Crippen molar-refractivity contribution < 1.29 is 0 Å². The molecule has 3 rings (SSSR count). The van der Waals surface area contributed by atoms with Crippen LogP contribution >= 0.6 is 11.6 Å². The largest absolute Gasteiger partial charge is 0.399 e. The maximum Gasteiger partial charge on any atom is 0.147 e. The van der Waals surface area contributed by atoms with Crippen LogP contribution in [0.4, 0.5) is 11.5 Å². The fourth-order valence-electron chi connectivity index (χ4n) is 2.24. The second-order valence-corrected chi connectivity index (χ2v) is 5.32. The summed E-state index contributed by atoms with van der Waals surface area (Å²) >= 11 is 6.26. The van der Waals surface area contributed by atoms with Gasteiger partial charge in [-0.2, -0.15) is 0 Å². The van der Waals surface area contributed by atoms with Gasteiger partial charge in [-0.05, 0) is 42.7 Å². The second kappa shape index (κ2) is 5.10. The maximum absolute atomic E-state index is 6.26. The topological polar surface area (TPSA) is 42.1 Å². The molecular formula is C15H16ClN3. The Kier molecular flexibility index (Phi) is 3.30. The molecule has 2 aromatic rings. The van der Waals surface area contributed by atoms with E-state index in [2.05, 4.69) is 16.0 Å². The third kappa shape index (κ3) is 2.82. The zero-order valence-corrected chi connectivity index (χ0v) is 11.3. The summed E-state index contributed by atoms with van der Waals surface area (Å²) in [7, 11) is 0. The van der Waals surface area contributed by atoms with Gasteiger partial charge >= 0.3 is 0 Å². The van der Waals surface area contributed by atoms with Crippen LogP contribution in [-0.2, 0) is 6.54 Å². The fraction of sp³-hybridized carbons (Fsp3) is 0.267. The van der Waals surface area contributed by atoms with Crippen LogP contribution in [0.5, 0.6) is 0 Å². The quantitative estimate of drug-likeness (QED) is 0.867. The molecule has 1 aromatic carbocycles. The van der Waals surface area contributed by atoms with Crippen molar-refractivity contribution in [3.63, 3.8) is 0 Å². The summed E-state index contributed by atoms with van der Waals surface area (Å²) in [5.74, 6) is 0.870. The van der Waals surface area contributed by atoms with E-state index >= 15 is 0 Å². The lowest BCUT2D eigenvalue weighted by atomic mass is 10.2. The first kappa shape index (κ1) is 12.3. The molecule has 0 bridgehead atoms. The number of anilines is 2. The summed E-state index contributed by atoms with van der Waals surface area (Å²) in [4.78, 5) is 6.70. The molecule has 1 aromatic heterocycles. The first-order chi connectivity index (χ1) is 9.24. The number of hydrogen-bond donors (Lipinski definition) is 1. The molecule has 0 aliphatic heterocycles. The number of nitrogen functional groups attached to an aromatic ring is 1. The van der Waals surface area contributed by atoms with Crippen molar-refractivity contribution in [2.24, 2.45) is 0 Å². The van der Waals surface area contributed by atoms with Crippen LogP contribution < -0.4 is 10.6 Å². The highest BCUT2D eigenvalue weighted by Gasteiger charge is 2.31. The van der Waals surface area contributed by atoms with Gasteiger partial charge in [0.25, 0.3) is 0 Å². The molecule has 0 saturated heterocycles. The van der Waals surface area contributed by atoms with E-state index in [0.29, 0.717) is 11.1 Å². The Morgan fingerprint density at radius 3 is 2.79 bits per heavy atom. The average Bonchev–Trinajstić information content (AvgIpc) is 3.21. The van der Waals surface area contributed by atoms with E-state index < -0.39 is 0 Å². The van der Waals surface area contributed by atoms with E-state index in [9.17, 15) is 0 Å². The van der Waals surface area contributed by atoms with Gasteiger partial charge in [-0.3, -0.25) is 0 Å². The minimum atomic E-state index is 0.550. The molecule has 1 heterocycles. The Bertz CT molecular complexity index is 581. The molecule has 4 heteroatoms.